The van der Waals surface area contributed by atoms with Crippen molar-refractivity contribution in [1.82, 2.24) is 0 Å². The first-order valence-corrected chi connectivity index (χ1v) is 3.64. The van der Waals surface area contributed by atoms with Crippen LogP contribution in [0.3, 0.4) is 0 Å². The summed E-state index contributed by atoms with van der Waals surface area (Å²) in [4.78, 5) is 0. The molecule has 0 aromatic carbocycles. The van der Waals surface area contributed by atoms with Gasteiger partial charge in [-0.2, -0.15) is 0 Å². The van der Waals surface area contributed by atoms with Gasteiger partial charge in [-0.1, -0.05) is 0 Å². The highest BCUT2D eigenvalue weighted by Gasteiger charge is 2.29. The highest BCUT2D eigenvalue weighted by atomic mass is 16.5. The minimum absolute atomic E-state index is 0.111. The summed E-state index contributed by atoms with van der Waals surface area (Å²) < 4.78 is 10.4. The molecule has 3 atom stereocenters. The van der Waals surface area contributed by atoms with Crippen LogP contribution in [-0.4, -0.2) is 32.0 Å². The number of ether oxygens (including phenoxy) is 2. The van der Waals surface area contributed by atoms with Gasteiger partial charge in [0.05, 0.1) is 18.8 Å². The Hall–Kier alpha value is -0.120. The van der Waals surface area contributed by atoms with Crippen LogP contribution in [0.4, 0.5) is 0 Å². The molecule has 0 bridgehead atoms. The van der Waals surface area contributed by atoms with Crippen LogP contribution in [0.15, 0.2) is 0 Å². The Labute approximate surface area is 61.5 Å². The fraction of sp³-hybridized carbons (Fsp3) is 1.00. The second kappa shape index (κ2) is 3.32. The summed E-state index contributed by atoms with van der Waals surface area (Å²) >= 11 is 0. The number of methoxy groups -OCH3 is 1. The summed E-state index contributed by atoms with van der Waals surface area (Å²) in [5.74, 6) is 0. The van der Waals surface area contributed by atoms with Crippen molar-refractivity contribution in [3.63, 3.8) is 0 Å². The van der Waals surface area contributed by atoms with E-state index in [1.54, 1.807) is 7.11 Å². The van der Waals surface area contributed by atoms with Crippen LogP contribution in [-0.2, 0) is 9.47 Å². The minimum Gasteiger partial charge on any atom is -0.382 e. The van der Waals surface area contributed by atoms with Gasteiger partial charge in [-0.3, -0.25) is 0 Å². The SMILES string of the molecule is COC[C@H]1O[C@@H](C)CC1N. The Morgan fingerprint density at radius 1 is 1.70 bits per heavy atom. The zero-order chi connectivity index (χ0) is 7.56. The summed E-state index contributed by atoms with van der Waals surface area (Å²) in [7, 11) is 1.67. The maximum absolute atomic E-state index is 5.75. The van der Waals surface area contributed by atoms with Crippen LogP contribution in [0.2, 0.25) is 0 Å². The first-order valence-electron chi connectivity index (χ1n) is 3.64. The third-order valence-corrected chi connectivity index (χ3v) is 1.82. The van der Waals surface area contributed by atoms with E-state index in [1.807, 2.05) is 6.92 Å². The third-order valence-electron chi connectivity index (χ3n) is 1.82. The van der Waals surface area contributed by atoms with Crippen LogP contribution in [0.1, 0.15) is 13.3 Å². The van der Waals surface area contributed by atoms with E-state index in [-0.39, 0.29) is 12.1 Å². The summed E-state index contributed by atoms with van der Waals surface area (Å²) in [5.41, 5.74) is 5.75. The van der Waals surface area contributed by atoms with E-state index in [9.17, 15) is 0 Å². The van der Waals surface area contributed by atoms with Gasteiger partial charge in [-0.15, -0.1) is 0 Å². The number of nitrogens with two attached hydrogens (primary N) is 1. The summed E-state index contributed by atoms with van der Waals surface area (Å²) in [6, 6.07) is 0.162. The molecule has 0 saturated carbocycles. The fourth-order valence-electron chi connectivity index (χ4n) is 1.32. The molecule has 1 saturated heterocycles. The maximum Gasteiger partial charge on any atom is 0.0963 e. The predicted molar refractivity (Wildman–Crippen MR) is 38.8 cm³/mol. The van der Waals surface area contributed by atoms with Gasteiger partial charge in [0.2, 0.25) is 0 Å². The molecule has 1 aliphatic rings. The Balaban J connectivity index is 2.31. The summed E-state index contributed by atoms with van der Waals surface area (Å²) in [5, 5.41) is 0. The van der Waals surface area contributed by atoms with Crippen LogP contribution >= 0.6 is 0 Å². The van der Waals surface area contributed by atoms with Gasteiger partial charge in [0.25, 0.3) is 0 Å². The average Bonchev–Trinajstić information content (AvgIpc) is 2.13. The van der Waals surface area contributed by atoms with E-state index in [1.165, 1.54) is 0 Å². The molecule has 0 aromatic rings. The van der Waals surface area contributed by atoms with Gasteiger partial charge in [0, 0.05) is 13.2 Å². The van der Waals surface area contributed by atoms with Gasteiger partial charge in [0.1, 0.15) is 0 Å². The van der Waals surface area contributed by atoms with Crippen molar-refractivity contribution in [1.29, 1.82) is 0 Å². The van der Waals surface area contributed by atoms with E-state index in [0.29, 0.717) is 12.7 Å². The lowest BCUT2D eigenvalue weighted by Gasteiger charge is -2.12. The summed E-state index contributed by atoms with van der Waals surface area (Å²) in [6.45, 7) is 2.65. The molecule has 3 nitrogen and oxygen atoms in total. The van der Waals surface area contributed by atoms with E-state index in [4.69, 9.17) is 15.2 Å². The molecular weight excluding hydrogens is 130 g/mol. The molecule has 3 heteroatoms. The smallest absolute Gasteiger partial charge is 0.0963 e. The van der Waals surface area contributed by atoms with Gasteiger partial charge >= 0.3 is 0 Å². The molecule has 0 amide bonds. The van der Waals surface area contributed by atoms with Crippen molar-refractivity contribution in [2.45, 2.75) is 31.6 Å². The van der Waals surface area contributed by atoms with Gasteiger partial charge in [0.15, 0.2) is 0 Å². The number of hydrogen-bond donors (Lipinski definition) is 1. The average molecular weight is 145 g/mol. The second-order valence-electron chi connectivity index (χ2n) is 2.84. The van der Waals surface area contributed by atoms with E-state index < -0.39 is 0 Å². The zero-order valence-corrected chi connectivity index (χ0v) is 6.54. The number of rotatable bonds is 2. The van der Waals surface area contributed by atoms with Crippen LogP contribution in [0.25, 0.3) is 0 Å². The predicted octanol–water partition coefficient (Wildman–Crippen LogP) is 0.138. The molecule has 10 heavy (non-hydrogen) atoms. The van der Waals surface area contributed by atoms with Crippen molar-refractivity contribution < 1.29 is 9.47 Å². The van der Waals surface area contributed by atoms with Crippen LogP contribution < -0.4 is 5.73 Å². The molecule has 1 unspecified atom stereocenters. The zero-order valence-electron chi connectivity index (χ0n) is 6.54. The topological polar surface area (TPSA) is 44.5 Å². The Morgan fingerprint density at radius 2 is 2.40 bits per heavy atom. The summed E-state index contributed by atoms with van der Waals surface area (Å²) in [6.07, 6.45) is 1.36. The van der Waals surface area contributed by atoms with Crippen molar-refractivity contribution in [2.24, 2.45) is 5.73 Å². The molecular formula is C7H15NO2. The minimum atomic E-state index is 0.111. The maximum atomic E-state index is 5.75. The van der Waals surface area contributed by atoms with Crippen LogP contribution in [0, 0.1) is 0 Å². The standard InChI is InChI=1S/C7H15NO2/c1-5-3-6(8)7(10-5)4-9-2/h5-7H,3-4,8H2,1-2H3/t5-,6?,7+/m0/s1. The molecule has 1 heterocycles. The first kappa shape index (κ1) is 7.98. The molecule has 1 aliphatic heterocycles. The third kappa shape index (κ3) is 1.68. The van der Waals surface area contributed by atoms with Crippen molar-refractivity contribution in [3.05, 3.63) is 0 Å². The highest BCUT2D eigenvalue weighted by Crippen LogP contribution is 2.17. The molecule has 0 aromatic heterocycles. The lowest BCUT2D eigenvalue weighted by Crippen LogP contribution is -2.33. The van der Waals surface area contributed by atoms with E-state index in [2.05, 4.69) is 0 Å². The molecule has 1 fully saturated rings. The molecule has 60 valence electrons. The van der Waals surface area contributed by atoms with Gasteiger partial charge in [-0.05, 0) is 13.3 Å². The van der Waals surface area contributed by atoms with E-state index >= 15 is 0 Å². The number of hydrogen-bond acceptors (Lipinski definition) is 3. The Morgan fingerprint density at radius 3 is 2.80 bits per heavy atom. The van der Waals surface area contributed by atoms with Crippen molar-refractivity contribution >= 4 is 0 Å². The molecule has 2 N–H and O–H groups in total. The van der Waals surface area contributed by atoms with E-state index in [0.717, 1.165) is 6.42 Å². The largest absolute Gasteiger partial charge is 0.382 e. The van der Waals surface area contributed by atoms with Gasteiger partial charge in [-0.25, -0.2) is 0 Å². The molecule has 0 spiro atoms. The molecule has 1 rings (SSSR count). The quantitative estimate of drug-likeness (QED) is 0.601. The first-order chi connectivity index (χ1) is 4.74. The normalized spacial score (nSPS) is 40.5. The monoisotopic (exact) mass is 145 g/mol. The molecule has 0 aliphatic carbocycles. The van der Waals surface area contributed by atoms with Crippen molar-refractivity contribution in [3.8, 4) is 0 Å². The van der Waals surface area contributed by atoms with Crippen molar-refractivity contribution in [2.75, 3.05) is 13.7 Å². The molecule has 0 radical (unpaired) electrons. The Kier molecular flexibility index (Phi) is 2.65. The second-order valence-corrected chi connectivity index (χ2v) is 2.84. The van der Waals surface area contributed by atoms with Crippen LogP contribution in [0.5, 0.6) is 0 Å². The van der Waals surface area contributed by atoms with Gasteiger partial charge < -0.3 is 15.2 Å². The highest BCUT2D eigenvalue weighted by molar-refractivity contribution is 4.82. The fourth-order valence-corrected chi connectivity index (χ4v) is 1.32. The Bertz CT molecular complexity index is 108. The lowest BCUT2D eigenvalue weighted by molar-refractivity contribution is 0.00146. The lowest BCUT2D eigenvalue weighted by atomic mass is 10.1.